The summed E-state index contributed by atoms with van der Waals surface area (Å²) >= 11 is 0. The number of likely N-dealkylation sites (N-methyl/N-ethyl adjacent to an activating group) is 1. The van der Waals surface area contributed by atoms with E-state index in [-0.39, 0.29) is 17.9 Å². The minimum absolute atomic E-state index is 0.0897. The van der Waals surface area contributed by atoms with E-state index in [1.54, 1.807) is 11.9 Å². The second-order valence-electron chi connectivity index (χ2n) is 6.20. The van der Waals surface area contributed by atoms with E-state index in [0.717, 1.165) is 30.8 Å². The molecule has 1 N–H and O–H groups in total. The summed E-state index contributed by atoms with van der Waals surface area (Å²) in [5.74, 6) is 1.91. The summed E-state index contributed by atoms with van der Waals surface area (Å²) in [5, 5.41) is 6.80. The maximum Gasteiger partial charge on any atom is 0.275 e. The van der Waals surface area contributed by atoms with Gasteiger partial charge in [-0.3, -0.25) is 9.89 Å². The molecule has 3 heterocycles. The number of H-pyrrole nitrogens is 1. The zero-order valence-corrected chi connectivity index (χ0v) is 12.9. The molecule has 2 aromatic rings. The van der Waals surface area contributed by atoms with Crippen molar-refractivity contribution in [1.82, 2.24) is 25.1 Å². The third-order valence-corrected chi connectivity index (χ3v) is 4.54. The third-order valence-electron chi connectivity index (χ3n) is 4.54. The first-order valence-corrected chi connectivity index (χ1v) is 7.89. The fraction of sp³-hybridized carbons (Fsp3) is 0.600. The Labute approximate surface area is 133 Å². The summed E-state index contributed by atoms with van der Waals surface area (Å²) in [6, 6.07) is 0. The number of hydrogen-bond acceptors (Lipinski definition) is 6. The molecule has 4 rings (SSSR count). The van der Waals surface area contributed by atoms with Crippen molar-refractivity contribution in [2.24, 2.45) is 0 Å². The molecule has 23 heavy (non-hydrogen) atoms. The first-order valence-electron chi connectivity index (χ1n) is 7.89. The molecule has 122 valence electrons. The molecule has 2 fully saturated rings. The number of ether oxygens (including phenoxy) is 1. The standard InChI is InChI=1S/C15H19N5O3/c1-20(15(21)12-13(9-2-3-9)23-8-17-12)6-11-10(4-5-22-11)14-16-7-18-19-14/h7-11H,2-6H2,1H3,(H,16,18,19)/t10-,11-/m1/s1. The van der Waals surface area contributed by atoms with Gasteiger partial charge in [0.15, 0.2) is 12.1 Å². The molecule has 1 saturated carbocycles. The highest BCUT2D eigenvalue weighted by Crippen LogP contribution is 2.41. The summed E-state index contributed by atoms with van der Waals surface area (Å²) < 4.78 is 11.2. The fourth-order valence-corrected chi connectivity index (χ4v) is 3.12. The number of aromatic nitrogens is 4. The van der Waals surface area contributed by atoms with Crippen LogP contribution in [0.1, 0.15) is 53.2 Å². The van der Waals surface area contributed by atoms with Gasteiger partial charge in [-0.25, -0.2) is 9.97 Å². The van der Waals surface area contributed by atoms with Crippen LogP contribution in [0, 0.1) is 0 Å². The highest BCUT2D eigenvalue weighted by atomic mass is 16.5. The van der Waals surface area contributed by atoms with Gasteiger partial charge >= 0.3 is 0 Å². The molecule has 8 nitrogen and oxygen atoms in total. The van der Waals surface area contributed by atoms with E-state index in [0.29, 0.717) is 24.8 Å². The van der Waals surface area contributed by atoms with Gasteiger partial charge in [0.05, 0.1) is 6.10 Å². The molecule has 2 aliphatic rings. The number of carbonyl (C=O) groups is 1. The van der Waals surface area contributed by atoms with E-state index in [1.165, 1.54) is 12.7 Å². The number of rotatable bonds is 5. The van der Waals surface area contributed by atoms with Gasteiger partial charge in [-0.05, 0) is 19.3 Å². The SMILES string of the molecule is CN(C[C@H]1OCC[C@H]1c1ncn[nH]1)C(=O)c1ncoc1C1CC1. The first-order chi connectivity index (χ1) is 11.2. The maximum atomic E-state index is 12.7. The third kappa shape index (κ3) is 2.74. The van der Waals surface area contributed by atoms with Gasteiger partial charge in [-0.2, -0.15) is 5.10 Å². The number of nitrogens with zero attached hydrogens (tertiary/aromatic N) is 4. The van der Waals surface area contributed by atoms with Crippen molar-refractivity contribution in [2.45, 2.75) is 37.2 Å². The van der Waals surface area contributed by atoms with Crippen LogP contribution in [0.25, 0.3) is 0 Å². The van der Waals surface area contributed by atoms with Crippen molar-refractivity contribution >= 4 is 5.91 Å². The van der Waals surface area contributed by atoms with E-state index in [9.17, 15) is 4.79 Å². The number of hydrogen-bond donors (Lipinski definition) is 1. The normalized spacial score (nSPS) is 24.0. The van der Waals surface area contributed by atoms with Gasteiger partial charge in [0.2, 0.25) is 0 Å². The molecule has 2 aromatic heterocycles. The van der Waals surface area contributed by atoms with Crippen molar-refractivity contribution in [3.8, 4) is 0 Å². The van der Waals surface area contributed by atoms with E-state index >= 15 is 0 Å². The number of nitrogens with one attached hydrogen (secondary N) is 1. The lowest BCUT2D eigenvalue weighted by molar-refractivity contribution is 0.0545. The molecule has 0 unspecified atom stereocenters. The van der Waals surface area contributed by atoms with Crippen LogP contribution >= 0.6 is 0 Å². The second-order valence-corrected chi connectivity index (χ2v) is 6.20. The Hall–Kier alpha value is -2.22. The molecular formula is C15H19N5O3. The Morgan fingerprint density at radius 2 is 2.26 bits per heavy atom. The Balaban J connectivity index is 1.45. The lowest BCUT2D eigenvalue weighted by Gasteiger charge is -2.23. The van der Waals surface area contributed by atoms with Gasteiger partial charge < -0.3 is 14.1 Å². The molecule has 0 bridgehead atoms. The van der Waals surface area contributed by atoms with Gasteiger partial charge in [0, 0.05) is 32.0 Å². The van der Waals surface area contributed by atoms with Gasteiger partial charge in [0.1, 0.15) is 17.9 Å². The van der Waals surface area contributed by atoms with E-state index in [2.05, 4.69) is 20.2 Å². The zero-order chi connectivity index (χ0) is 15.8. The molecule has 8 heteroatoms. The molecule has 0 spiro atoms. The van der Waals surface area contributed by atoms with Crippen LogP contribution in [0.5, 0.6) is 0 Å². The van der Waals surface area contributed by atoms with Gasteiger partial charge in [0.25, 0.3) is 5.91 Å². The summed E-state index contributed by atoms with van der Waals surface area (Å²) in [7, 11) is 1.77. The van der Waals surface area contributed by atoms with Crippen molar-refractivity contribution in [3.05, 3.63) is 30.0 Å². The van der Waals surface area contributed by atoms with Crippen molar-refractivity contribution < 1.29 is 13.9 Å². The van der Waals surface area contributed by atoms with E-state index in [4.69, 9.17) is 9.15 Å². The predicted octanol–water partition coefficient (Wildman–Crippen LogP) is 1.31. The van der Waals surface area contributed by atoms with Crippen LogP contribution in [0.4, 0.5) is 0 Å². The predicted molar refractivity (Wildman–Crippen MR) is 78.9 cm³/mol. The smallest absolute Gasteiger partial charge is 0.275 e. The van der Waals surface area contributed by atoms with Crippen LogP contribution < -0.4 is 0 Å². The minimum atomic E-state index is -0.118. The molecule has 1 aliphatic carbocycles. The topological polar surface area (TPSA) is 97.1 Å². The maximum absolute atomic E-state index is 12.7. The van der Waals surface area contributed by atoms with Crippen LogP contribution in [-0.4, -0.2) is 57.3 Å². The van der Waals surface area contributed by atoms with E-state index in [1.807, 2.05) is 0 Å². The van der Waals surface area contributed by atoms with Crippen molar-refractivity contribution in [3.63, 3.8) is 0 Å². The average molecular weight is 317 g/mol. The number of amides is 1. The summed E-state index contributed by atoms with van der Waals surface area (Å²) in [5.41, 5.74) is 0.434. The second kappa shape index (κ2) is 5.77. The van der Waals surface area contributed by atoms with Crippen LogP contribution in [0.2, 0.25) is 0 Å². The summed E-state index contributed by atoms with van der Waals surface area (Å²) in [6.45, 7) is 1.15. The molecule has 1 saturated heterocycles. The van der Waals surface area contributed by atoms with Gasteiger partial charge in [-0.1, -0.05) is 0 Å². The first kappa shape index (κ1) is 14.4. The molecule has 0 aromatic carbocycles. The molecule has 2 atom stereocenters. The molecule has 1 aliphatic heterocycles. The highest BCUT2D eigenvalue weighted by Gasteiger charge is 2.36. The molecular weight excluding hydrogens is 298 g/mol. The lowest BCUT2D eigenvalue weighted by Crippen LogP contribution is -2.37. The molecule has 0 radical (unpaired) electrons. The van der Waals surface area contributed by atoms with Crippen LogP contribution in [-0.2, 0) is 4.74 Å². The van der Waals surface area contributed by atoms with Crippen LogP contribution in [0.15, 0.2) is 17.1 Å². The van der Waals surface area contributed by atoms with E-state index < -0.39 is 0 Å². The Morgan fingerprint density at radius 1 is 1.39 bits per heavy atom. The van der Waals surface area contributed by atoms with Gasteiger partial charge in [-0.15, -0.1) is 0 Å². The number of carbonyl (C=O) groups excluding carboxylic acids is 1. The average Bonchev–Trinajstić information content (AvgIpc) is 3.02. The quantitative estimate of drug-likeness (QED) is 0.893. The van der Waals surface area contributed by atoms with Crippen LogP contribution in [0.3, 0.4) is 0 Å². The van der Waals surface area contributed by atoms with Crippen molar-refractivity contribution in [1.29, 1.82) is 0 Å². The monoisotopic (exact) mass is 317 g/mol. The Kier molecular flexibility index (Phi) is 3.60. The van der Waals surface area contributed by atoms with Crippen molar-refractivity contribution in [2.75, 3.05) is 20.2 Å². The number of aromatic amines is 1. The summed E-state index contributed by atoms with van der Waals surface area (Å²) in [6.07, 6.45) is 5.78. The largest absolute Gasteiger partial charge is 0.447 e. The Bertz CT molecular complexity index is 679. The Morgan fingerprint density at radius 3 is 3.00 bits per heavy atom. The summed E-state index contributed by atoms with van der Waals surface area (Å²) in [4.78, 5) is 22.6. The molecule has 1 amide bonds. The highest BCUT2D eigenvalue weighted by molar-refractivity contribution is 5.93. The fourth-order valence-electron chi connectivity index (χ4n) is 3.12. The minimum Gasteiger partial charge on any atom is -0.447 e. The number of oxazole rings is 1. The zero-order valence-electron chi connectivity index (χ0n) is 12.9. The lowest BCUT2D eigenvalue weighted by atomic mass is 10.0.